The average Bonchev–Trinajstić information content (AvgIpc) is 2.46. The molecule has 1 fully saturated rings. The van der Waals surface area contributed by atoms with E-state index in [0.717, 1.165) is 12.0 Å². The number of hydrogen-bond donors (Lipinski definition) is 1. The predicted molar refractivity (Wildman–Crippen MR) is 72.1 cm³/mol. The predicted octanol–water partition coefficient (Wildman–Crippen LogP) is 1.87. The second-order valence-electron chi connectivity index (χ2n) is 5.07. The summed E-state index contributed by atoms with van der Waals surface area (Å²) in [5.41, 5.74) is 0.822. The summed E-state index contributed by atoms with van der Waals surface area (Å²) < 4.78 is 16.1. The molecule has 1 heterocycles. The number of benzene rings is 1. The third kappa shape index (κ3) is 3.71. The third-order valence-electron chi connectivity index (χ3n) is 3.36. The Kier molecular flexibility index (Phi) is 4.98. The molecule has 0 aromatic heterocycles. The summed E-state index contributed by atoms with van der Waals surface area (Å²) in [6.45, 7) is 2.06. The van der Waals surface area contributed by atoms with Crippen LogP contribution in [0.5, 0.6) is 5.75 Å². The van der Waals surface area contributed by atoms with Crippen molar-refractivity contribution in [3.8, 4) is 5.75 Å². The molecule has 5 heteroatoms. The summed E-state index contributed by atoms with van der Waals surface area (Å²) in [7, 11) is 1.36. The number of aliphatic hydroxyl groups is 1. The van der Waals surface area contributed by atoms with Crippen LogP contribution in [-0.2, 0) is 20.9 Å². The van der Waals surface area contributed by atoms with Crippen LogP contribution in [0, 0.1) is 5.92 Å². The van der Waals surface area contributed by atoms with Gasteiger partial charge in [-0.1, -0.05) is 19.1 Å². The van der Waals surface area contributed by atoms with E-state index in [-0.39, 0.29) is 12.6 Å². The van der Waals surface area contributed by atoms with E-state index < -0.39 is 12.4 Å². The van der Waals surface area contributed by atoms with Crippen molar-refractivity contribution in [3.63, 3.8) is 0 Å². The van der Waals surface area contributed by atoms with Crippen molar-refractivity contribution in [1.29, 1.82) is 0 Å². The molecule has 1 aliphatic rings. The summed E-state index contributed by atoms with van der Waals surface area (Å²) in [6.07, 6.45) is 0.360. The van der Waals surface area contributed by atoms with Crippen molar-refractivity contribution in [3.05, 3.63) is 29.8 Å². The maximum Gasteiger partial charge on any atom is 0.335 e. The SMILES string of the molecule is COC(=O)C1CC(C)CC(Oc2ccc(CO)cc2)O1. The van der Waals surface area contributed by atoms with Crippen molar-refractivity contribution in [2.45, 2.75) is 38.8 Å². The van der Waals surface area contributed by atoms with E-state index >= 15 is 0 Å². The highest BCUT2D eigenvalue weighted by atomic mass is 16.7. The number of aliphatic hydroxyl groups excluding tert-OH is 1. The molecule has 3 unspecified atom stereocenters. The molecule has 0 radical (unpaired) electrons. The lowest BCUT2D eigenvalue weighted by Gasteiger charge is -2.32. The van der Waals surface area contributed by atoms with Gasteiger partial charge in [0.25, 0.3) is 0 Å². The van der Waals surface area contributed by atoms with Crippen LogP contribution in [0.3, 0.4) is 0 Å². The molecule has 1 N–H and O–H groups in total. The summed E-state index contributed by atoms with van der Waals surface area (Å²) in [5.74, 6) is 0.625. The smallest absolute Gasteiger partial charge is 0.335 e. The van der Waals surface area contributed by atoms with Crippen molar-refractivity contribution in [2.75, 3.05) is 7.11 Å². The van der Waals surface area contributed by atoms with Gasteiger partial charge in [0, 0.05) is 6.42 Å². The van der Waals surface area contributed by atoms with Gasteiger partial charge >= 0.3 is 5.97 Å². The van der Waals surface area contributed by atoms with Gasteiger partial charge in [0.05, 0.1) is 13.7 Å². The minimum atomic E-state index is -0.564. The maximum atomic E-state index is 11.6. The van der Waals surface area contributed by atoms with E-state index in [9.17, 15) is 4.79 Å². The zero-order valence-corrected chi connectivity index (χ0v) is 11.7. The third-order valence-corrected chi connectivity index (χ3v) is 3.36. The van der Waals surface area contributed by atoms with E-state index in [4.69, 9.17) is 19.3 Å². The zero-order chi connectivity index (χ0) is 14.5. The molecule has 0 amide bonds. The highest BCUT2D eigenvalue weighted by Gasteiger charge is 2.33. The van der Waals surface area contributed by atoms with Crippen LogP contribution in [0.2, 0.25) is 0 Å². The minimum absolute atomic E-state index is 0.00164. The van der Waals surface area contributed by atoms with E-state index in [1.54, 1.807) is 24.3 Å². The van der Waals surface area contributed by atoms with Gasteiger partial charge in [-0.3, -0.25) is 0 Å². The molecule has 1 saturated heterocycles. The Morgan fingerprint density at radius 1 is 1.35 bits per heavy atom. The zero-order valence-electron chi connectivity index (χ0n) is 11.7. The molecule has 1 aromatic carbocycles. The fourth-order valence-corrected chi connectivity index (χ4v) is 2.27. The normalized spacial score (nSPS) is 26.1. The molecule has 110 valence electrons. The van der Waals surface area contributed by atoms with Crippen LogP contribution in [-0.4, -0.2) is 30.6 Å². The van der Waals surface area contributed by atoms with Gasteiger partial charge in [-0.15, -0.1) is 0 Å². The van der Waals surface area contributed by atoms with Crippen LogP contribution in [0.4, 0.5) is 0 Å². The average molecular weight is 280 g/mol. The topological polar surface area (TPSA) is 65.0 Å². The molecule has 1 aromatic rings. The number of carbonyl (C=O) groups excluding carboxylic acids is 1. The van der Waals surface area contributed by atoms with Crippen LogP contribution in [0.1, 0.15) is 25.3 Å². The second-order valence-corrected chi connectivity index (χ2v) is 5.07. The fourth-order valence-electron chi connectivity index (χ4n) is 2.27. The lowest BCUT2D eigenvalue weighted by molar-refractivity contribution is -0.190. The van der Waals surface area contributed by atoms with Crippen molar-refractivity contribution >= 4 is 5.97 Å². The first kappa shape index (κ1) is 14.8. The first-order valence-electron chi connectivity index (χ1n) is 6.72. The number of rotatable bonds is 4. The number of carbonyl (C=O) groups is 1. The molecule has 3 atom stereocenters. The quantitative estimate of drug-likeness (QED) is 0.853. The first-order chi connectivity index (χ1) is 9.62. The van der Waals surface area contributed by atoms with Gasteiger partial charge < -0.3 is 19.3 Å². The summed E-state index contributed by atoms with van der Waals surface area (Å²) in [5, 5.41) is 8.99. The van der Waals surface area contributed by atoms with Crippen LogP contribution in [0.15, 0.2) is 24.3 Å². The first-order valence-corrected chi connectivity index (χ1v) is 6.72. The van der Waals surface area contributed by atoms with Crippen LogP contribution < -0.4 is 4.74 Å². The Labute approximate surface area is 118 Å². The molecule has 0 spiro atoms. The summed E-state index contributed by atoms with van der Waals surface area (Å²) in [6, 6.07) is 7.14. The van der Waals surface area contributed by atoms with Gasteiger partial charge in [-0.05, 0) is 30.0 Å². The summed E-state index contributed by atoms with van der Waals surface area (Å²) >= 11 is 0. The van der Waals surface area contributed by atoms with Gasteiger partial charge in [-0.25, -0.2) is 4.79 Å². The molecule has 1 aliphatic heterocycles. The fraction of sp³-hybridized carbons (Fsp3) is 0.533. The lowest BCUT2D eigenvalue weighted by atomic mass is 9.97. The lowest BCUT2D eigenvalue weighted by Crippen LogP contribution is -2.40. The Morgan fingerprint density at radius 3 is 2.65 bits per heavy atom. The van der Waals surface area contributed by atoms with Crippen molar-refractivity contribution < 1.29 is 24.1 Å². The monoisotopic (exact) mass is 280 g/mol. The molecule has 0 saturated carbocycles. The van der Waals surface area contributed by atoms with Gasteiger partial charge in [-0.2, -0.15) is 0 Å². The van der Waals surface area contributed by atoms with E-state index in [1.165, 1.54) is 7.11 Å². The standard InChI is InChI=1S/C15H20O5/c1-10-7-13(15(17)18-2)20-14(8-10)19-12-5-3-11(9-16)4-6-12/h3-6,10,13-14,16H,7-9H2,1-2H3. The Hall–Kier alpha value is -1.59. The molecular formula is C15H20O5. The highest BCUT2D eigenvalue weighted by molar-refractivity contribution is 5.74. The van der Waals surface area contributed by atoms with Gasteiger partial charge in [0.2, 0.25) is 6.29 Å². The minimum Gasteiger partial charge on any atom is -0.467 e. The second kappa shape index (κ2) is 6.72. The Balaban J connectivity index is 1.98. The molecule has 5 nitrogen and oxygen atoms in total. The van der Waals surface area contributed by atoms with Gasteiger partial charge in [0.1, 0.15) is 5.75 Å². The summed E-state index contributed by atoms with van der Waals surface area (Å²) in [4.78, 5) is 11.6. The number of hydrogen-bond acceptors (Lipinski definition) is 5. The largest absolute Gasteiger partial charge is 0.467 e. The molecule has 20 heavy (non-hydrogen) atoms. The van der Waals surface area contributed by atoms with Crippen LogP contribution in [0.25, 0.3) is 0 Å². The molecule has 0 aliphatic carbocycles. The number of esters is 1. The molecular weight excluding hydrogens is 260 g/mol. The van der Waals surface area contributed by atoms with E-state index in [2.05, 4.69) is 6.92 Å². The maximum absolute atomic E-state index is 11.6. The number of ether oxygens (including phenoxy) is 3. The Morgan fingerprint density at radius 2 is 2.05 bits per heavy atom. The van der Waals surface area contributed by atoms with Crippen molar-refractivity contribution in [2.24, 2.45) is 5.92 Å². The number of methoxy groups -OCH3 is 1. The highest BCUT2D eigenvalue weighted by Crippen LogP contribution is 2.27. The van der Waals surface area contributed by atoms with E-state index in [1.807, 2.05) is 0 Å². The molecule has 2 rings (SSSR count). The van der Waals surface area contributed by atoms with E-state index in [0.29, 0.717) is 18.1 Å². The van der Waals surface area contributed by atoms with Crippen LogP contribution >= 0.6 is 0 Å². The van der Waals surface area contributed by atoms with Crippen molar-refractivity contribution in [1.82, 2.24) is 0 Å². The Bertz CT molecular complexity index is 442. The molecule has 0 bridgehead atoms. The van der Waals surface area contributed by atoms with Gasteiger partial charge in [0.15, 0.2) is 6.10 Å².